The van der Waals surface area contributed by atoms with Crippen LogP contribution in [0.3, 0.4) is 0 Å². The van der Waals surface area contributed by atoms with E-state index in [1.807, 2.05) is 0 Å². The lowest BCUT2D eigenvalue weighted by molar-refractivity contribution is 0.277. The highest BCUT2D eigenvalue weighted by molar-refractivity contribution is 5.29. The highest BCUT2D eigenvalue weighted by atomic mass is 14.8. The molecule has 0 aliphatic heterocycles. The first-order chi connectivity index (χ1) is 8.64. The Morgan fingerprint density at radius 2 is 1.78 bits per heavy atom. The Kier molecular flexibility index (Phi) is 4.41. The van der Waals surface area contributed by atoms with Crippen molar-refractivity contribution in [2.45, 2.75) is 63.5 Å². The lowest BCUT2D eigenvalue weighted by atomic mass is 9.76. The molecule has 4 N–H and O–H groups in total. The third-order valence-corrected chi connectivity index (χ3v) is 4.27. The van der Waals surface area contributed by atoms with Crippen LogP contribution in [0.5, 0.6) is 0 Å². The van der Waals surface area contributed by atoms with Crippen LogP contribution in [0.2, 0.25) is 0 Å². The number of benzene rings is 1. The van der Waals surface area contributed by atoms with Crippen LogP contribution in [0.25, 0.3) is 0 Å². The van der Waals surface area contributed by atoms with Crippen molar-refractivity contribution in [3.63, 3.8) is 0 Å². The summed E-state index contributed by atoms with van der Waals surface area (Å²) >= 11 is 0. The molecule has 0 heterocycles. The van der Waals surface area contributed by atoms with Crippen LogP contribution >= 0.6 is 0 Å². The highest BCUT2D eigenvalue weighted by Gasteiger charge is 2.31. The molecule has 0 bridgehead atoms. The van der Waals surface area contributed by atoms with Crippen LogP contribution in [-0.4, -0.2) is 6.04 Å². The molecule has 1 aliphatic carbocycles. The van der Waals surface area contributed by atoms with Gasteiger partial charge in [-0.3, -0.25) is 0 Å². The van der Waals surface area contributed by atoms with Gasteiger partial charge in [0.15, 0.2) is 0 Å². The van der Waals surface area contributed by atoms with Crippen molar-refractivity contribution in [1.29, 1.82) is 0 Å². The van der Waals surface area contributed by atoms with Gasteiger partial charge in [0.2, 0.25) is 0 Å². The number of nitrogens with two attached hydrogens (primary N) is 2. The van der Waals surface area contributed by atoms with E-state index < -0.39 is 0 Å². The second-order valence-corrected chi connectivity index (χ2v) is 5.79. The highest BCUT2D eigenvalue weighted by Crippen LogP contribution is 2.34. The van der Waals surface area contributed by atoms with E-state index in [4.69, 9.17) is 11.5 Å². The van der Waals surface area contributed by atoms with Crippen LogP contribution in [0.4, 0.5) is 0 Å². The molecule has 1 aromatic rings. The van der Waals surface area contributed by atoms with Gasteiger partial charge in [0, 0.05) is 11.6 Å². The van der Waals surface area contributed by atoms with Crippen LogP contribution in [0.1, 0.15) is 56.6 Å². The Morgan fingerprint density at radius 1 is 1.17 bits per heavy atom. The van der Waals surface area contributed by atoms with Gasteiger partial charge in [0.05, 0.1) is 0 Å². The maximum absolute atomic E-state index is 6.54. The first-order valence-electron chi connectivity index (χ1n) is 7.28. The molecule has 1 fully saturated rings. The Balaban J connectivity index is 2.04. The standard InChI is InChI=1S/C16H26N2/c1-2-3-4-13-5-7-14(8-6-13)16(18)11-9-15(17)10-12-16/h5-8,15H,2-4,9-12,17-18H2,1H3. The van der Waals surface area contributed by atoms with Crippen LogP contribution in [0, 0.1) is 0 Å². The Hall–Kier alpha value is -0.860. The van der Waals surface area contributed by atoms with E-state index >= 15 is 0 Å². The van der Waals surface area contributed by atoms with Crippen molar-refractivity contribution in [3.05, 3.63) is 35.4 Å². The van der Waals surface area contributed by atoms with E-state index in [1.165, 1.54) is 30.4 Å². The van der Waals surface area contributed by atoms with Gasteiger partial charge in [-0.1, -0.05) is 37.6 Å². The van der Waals surface area contributed by atoms with Gasteiger partial charge in [-0.15, -0.1) is 0 Å². The monoisotopic (exact) mass is 246 g/mol. The SMILES string of the molecule is CCCCc1ccc(C2(N)CCC(N)CC2)cc1. The smallest absolute Gasteiger partial charge is 0.0410 e. The van der Waals surface area contributed by atoms with Crippen molar-refractivity contribution in [2.24, 2.45) is 11.5 Å². The molecule has 100 valence electrons. The maximum atomic E-state index is 6.54. The second kappa shape index (κ2) is 5.85. The topological polar surface area (TPSA) is 52.0 Å². The molecule has 0 amide bonds. The van der Waals surface area contributed by atoms with Crippen molar-refractivity contribution in [2.75, 3.05) is 0 Å². The Labute approximate surface area is 111 Å². The molecule has 0 aromatic heterocycles. The molecule has 2 heteroatoms. The zero-order chi connectivity index (χ0) is 13.0. The first-order valence-corrected chi connectivity index (χ1v) is 7.28. The fraction of sp³-hybridized carbons (Fsp3) is 0.625. The fourth-order valence-corrected chi connectivity index (χ4v) is 2.83. The first kappa shape index (κ1) is 13.6. The molecule has 0 radical (unpaired) electrons. The minimum atomic E-state index is -0.140. The largest absolute Gasteiger partial charge is 0.328 e. The van der Waals surface area contributed by atoms with E-state index in [0.717, 1.165) is 25.7 Å². The van der Waals surface area contributed by atoms with E-state index in [2.05, 4.69) is 31.2 Å². The number of hydrogen-bond donors (Lipinski definition) is 2. The van der Waals surface area contributed by atoms with Crippen molar-refractivity contribution in [3.8, 4) is 0 Å². The number of rotatable bonds is 4. The number of aryl methyl sites for hydroxylation is 1. The Bertz CT molecular complexity index is 361. The third kappa shape index (κ3) is 3.12. The minimum absolute atomic E-state index is 0.140. The van der Waals surface area contributed by atoms with Gasteiger partial charge in [-0.25, -0.2) is 0 Å². The summed E-state index contributed by atoms with van der Waals surface area (Å²) in [7, 11) is 0. The molecule has 1 saturated carbocycles. The molecular weight excluding hydrogens is 220 g/mol. The van der Waals surface area contributed by atoms with E-state index in [1.54, 1.807) is 0 Å². The molecule has 2 rings (SSSR count). The maximum Gasteiger partial charge on any atom is 0.0410 e. The summed E-state index contributed by atoms with van der Waals surface area (Å²) < 4.78 is 0. The molecule has 18 heavy (non-hydrogen) atoms. The van der Waals surface area contributed by atoms with Crippen LogP contribution in [0.15, 0.2) is 24.3 Å². The minimum Gasteiger partial charge on any atom is -0.328 e. The molecule has 0 spiro atoms. The average molecular weight is 246 g/mol. The summed E-state index contributed by atoms with van der Waals surface area (Å²) in [6.45, 7) is 2.23. The summed E-state index contributed by atoms with van der Waals surface area (Å²) in [5.74, 6) is 0. The molecule has 0 saturated heterocycles. The quantitative estimate of drug-likeness (QED) is 0.857. The van der Waals surface area contributed by atoms with Gasteiger partial charge < -0.3 is 11.5 Å². The normalized spacial score (nSPS) is 28.3. The van der Waals surface area contributed by atoms with Gasteiger partial charge in [0.1, 0.15) is 0 Å². The lowest BCUT2D eigenvalue weighted by Crippen LogP contribution is -2.43. The van der Waals surface area contributed by atoms with E-state index in [0.29, 0.717) is 6.04 Å². The third-order valence-electron chi connectivity index (χ3n) is 4.27. The van der Waals surface area contributed by atoms with E-state index in [-0.39, 0.29) is 5.54 Å². The molecule has 1 aliphatic rings. The predicted molar refractivity (Wildman–Crippen MR) is 77.4 cm³/mol. The molecular formula is C16H26N2. The predicted octanol–water partition coefficient (Wildman–Crippen LogP) is 3.08. The Morgan fingerprint density at radius 3 is 2.33 bits per heavy atom. The second-order valence-electron chi connectivity index (χ2n) is 5.79. The number of hydrogen-bond acceptors (Lipinski definition) is 2. The summed E-state index contributed by atoms with van der Waals surface area (Å²) in [5, 5.41) is 0. The fourth-order valence-electron chi connectivity index (χ4n) is 2.83. The average Bonchev–Trinajstić information content (AvgIpc) is 2.40. The molecule has 1 aromatic carbocycles. The summed E-state index contributed by atoms with van der Waals surface area (Å²) in [5.41, 5.74) is 15.1. The van der Waals surface area contributed by atoms with Gasteiger partial charge >= 0.3 is 0 Å². The van der Waals surface area contributed by atoms with Crippen molar-refractivity contribution in [1.82, 2.24) is 0 Å². The van der Waals surface area contributed by atoms with E-state index in [9.17, 15) is 0 Å². The van der Waals surface area contributed by atoms with Gasteiger partial charge in [-0.05, 0) is 49.7 Å². The zero-order valence-electron chi connectivity index (χ0n) is 11.5. The summed E-state index contributed by atoms with van der Waals surface area (Å²) in [6, 6.07) is 9.29. The lowest BCUT2D eigenvalue weighted by Gasteiger charge is -2.36. The van der Waals surface area contributed by atoms with Crippen molar-refractivity contribution < 1.29 is 0 Å². The molecule has 0 unspecified atom stereocenters. The molecule has 0 atom stereocenters. The summed E-state index contributed by atoms with van der Waals surface area (Å²) in [6.07, 6.45) is 7.83. The van der Waals surface area contributed by atoms with Crippen LogP contribution < -0.4 is 11.5 Å². The van der Waals surface area contributed by atoms with Gasteiger partial charge in [0.25, 0.3) is 0 Å². The van der Waals surface area contributed by atoms with Crippen LogP contribution in [-0.2, 0) is 12.0 Å². The zero-order valence-corrected chi connectivity index (χ0v) is 11.5. The number of unbranched alkanes of at least 4 members (excludes halogenated alkanes) is 1. The van der Waals surface area contributed by atoms with Crippen molar-refractivity contribution >= 4 is 0 Å². The molecule has 2 nitrogen and oxygen atoms in total. The van der Waals surface area contributed by atoms with Gasteiger partial charge in [-0.2, -0.15) is 0 Å². The summed E-state index contributed by atoms with van der Waals surface area (Å²) in [4.78, 5) is 0.